The van der Waals surface area contributed by atoms with E-state index < -0.39 is 0 Å². The molecule has 0 bridgehead atoms. The fraction of sp³-hybridized carbons (Fsp3) is 0.476. The van der Waals surface area contributed by atoms with E-state index in [1.807, 2.05) is 22.7 Å². The molecule has 0 unspecified atom stereocenters. The molecule has 0 aliphatic rings. The molecule has 2 aromatic heterocycles. The van der Waals surface area contributed by atoms with Crippen molar-refractivity contribution in [3.05, 3.63) is 71.8 Å². The normalized spacial score (nSPS) is 12.4. The van der Waals surface area contributed by atoms with Gasteiger partial charge >= 0.3 is 0 Å². The molecule has 6 aromatic rings. The molecule has 0 atom stereocenters. The Labute approximate surface area is 273 Å². The number of aryl methyl sites for hydroxylation is 2. The zero-order chi connectivity index (χ0) is 30.5. The molecule has 0 fully saturated rings. The summed E-state index contributed by atoms with van der Waals surface area (Å²) in [6.45, 7) is 9.34. The van der Waals surface area contributed by atoms with E-state index in [4.69, 9.17) is 0 Å². The minimum Gasteiger partial charge on any atom is -0.135 e. The van der Waals surface area contributed by atoms with Crippen molar-refractivity contribution in [3.63, 3.8) is 0 Å². The Morgan fingerprint density at radius 2 is 0.773 bits per heavy atom. The molecule has 2 heterocycles. The molecule has 4 aromatic carbocycles. The molecule has 0 aliphatic heterocycles. The Morgan fingerprint density at radius 1 is 0.432 bits per heavy atom. The monoisotopic (exact) mass is 620 g/mol. The molecular weight excluding hydrogens is 569 g/mol. The van der Waals surface area contributed by atoms with Gasteiger partial charge in [-0.2, -0.15) is 0 Å². The van der Waals surface area contributed by atoms with Crippen molar-refractivity contribution in [2.75, 3.05) is 0 Å². The van der Waals surface area contributed by atoms with Crippen LogP contribution in [0.4, 0.5) is 0 Å². The van der Waals surface area contributed by atoms with E-state index in [0.29, 0.717) is 0 Å². The van der Waals surface area contributed by atoms with E-state index in [9.17, 15) is 0 Å². The minimum atomic E-state index is 0.913. The van der Waals surface area contributed by atoms with Gasteiger partial charge in [0.15, 0.2) is 0 Å². The maximum atomic E-state index is 2.49. The van der Waals surface area contributed by atoms with Crippen LogP contribution >= 0.6 is 22.7 Å². The lowest BCUT2D eigenvalue weighted by atomic mass is 9.91. The van der Waals surface area contributed by atoms with Crippen molar-refractivity contribution in [2.24, 2.45) is 11.8 Å². The Bertz CT molecular complexity index is 1690. The molecule has 44 heavy (non-hydrogen) atoms. The van der Waals surface area contributed by atoms with Crippen LogP contribution in [0.1, 0.15) is 116 Å². The quantitative estimate of drug-likeness (QED) is 0.101. The van der Waals surface area contributed by atoms with Crippen LogP contribution in [0.15, 0.2) is 60.7 Å². The largest absolute Gasteiger partial charge is 0.135 e. The minimum absolute atomic E-state index is 0.913. The van der Waals surface area contributed by atoms with Gasteiger partial charge in [0.25, 0.3) is 0 Å². The van der Waals surface area contributed by atoms with Crippen LogP contribution in [0, 0.1) is 11.8 Å². The highest BCUT2D eigenvalue weighted by Crippen LogP contribution is 2.44. The lowest BCUT2D eigenvalue weighted by Gasteiger charge is -2.14. The Balaban J connectivity index is 1.25. The van der Waals surface area contributed by atoms with E-state index in [-0.39, 0.29) is 0 Å². The van der Waals surface area contributed by atoms with Crippen LogP contribution in [0.5, 0.6) is 0 Å². The van der Waals surface area contributed by atoms with Gasteiger partial charge in [0, 0.05) is 51.1 Å². The van der Waals surface area contributed by atoms with Crippen LogP contribution in [-0.2, 0) is 12.8 Å². The summed E-state index contributed by atoms with van der Waals surface area (Å²) in [7, 11) is 0. The Hall–Kier alpha value is -2.42. The number of thiophene rings is 2. The molecule has 2 heteroatoms. The molecule has 0 amide bonds. The van der Waals surface area contributed by atoms with Gasteiger partial charge in [0.2, 0.25) is 0 Å². The summed E-state index contributed by atoms with van der Waals surface area (Å²) < 4.78 is 5.80. The first-order valence-corrected chi connectivity index (χ1v) is 19.5. The van der Waals surface area contributed by atoms with Gasteiger partial charge in [-0.1, -0.05) is 140 Å². The summed E-state index contributed by atoms with van der Waals surface area (Å²) in [6, 6.07) is 24.2. The number of hydrogen-bond acceptors (Lipinski definition) is 2. The third-order valence-corrected chi connectivity index (χ3v) is 12.5. The highest BCUT2D eigenvalue weighted by atomic mass is 32.1. The predicted octanol–water partition coefficient (Wildman–Crippen LogP) is 14.7. The fourth-order valence-corrected chi connectivity index (χ4v) is 10.5. The molecule has 6 rings (SSSR count). The summed E-state index contributed by atoms with van der Waals surface area (Å²) in [5, 5.41) is 8.52. The van der Waals surface area contributed by atoms with Crippen LogP contribution in [-0.4, -0.2) is 0 Å². The lowest BCUT2D eigenvalue weighted by Crippen LogP contribution is -2.00. The first-order valence-electron chi connectivity index (χ1n) is 17.8. The summed E-state index contributed by atoms with van der Waals surface area (Å²) >= 11 is 4.00. The highest BCUT2D eigenvalue weighted by molar-refractivity contribution is 7.28. The van der Waals surface area contributed by atoms with Crippen LogP contribution < -0.4 is 0 Å². The summed E-state index contributed by atoms with van der Waals surface area (Å²) in [4.78, 5) is 0. The molecule has 232 valence electrons. The predicted molar refractivity (Wildman–Crippen MR) is 202 cm³/mol. The van der Waals surface area contributed by atoms with E-state index in [2.05, 4.69) is 88.4 Å². The topological polar surface area (TPSA) is 0 Å². The van der Waals surface area contributed by atoms with Crippen molar-refractivity contribution < 1.29 is 0 Å². The number of hydrogen-bond donors (Lipinski definition) is 0. The number of benzene rings is 4. The third-order valence-electron chi connectivity index (χ3n) is 10.1. The Kier molecular flexibility index (Phi) is 10.6. The van der Waals surface area contributed by atoms with Gasteiger partial charge in [-0.05, 0) is 60.8 Å². The summed E-state index contributed by atoms with van der Waals surface area (Å²) in [6.07, 6.45) is 18.6. The maximum Gasteiger partial charge on any atom is 0.0434 e. The van der Waals surface area contributed by atoms with Gasteiger partial charge < -0.3 is 0 Å². The van der Waals surface area contributed by atoms with Crippen LogP contribution in [0.2, 0.25) is 0 Å². The molecule has 0 nitrogen and oxygen atoms in total. The van der Waals surface area contributed by atoms with E-state index in [0.717, 1.165) is 11.8 Å². The zero-order valence-corrected chi connectivity index (χ0v) is 29.3. The second-order valence-electron chi connectivity index (χ2n) is 13.5. The smallest absolute Gasteiger partial charge is 0.0434 e. The van der Waals surface area contributed by atoms with Crippen molar-refractivity contribution >= 4 is 73.8 Å². The molecule has 0 spiro atoms. The van der Waals surface area contributed by atoms with E-state index >= 15 is 0 Å². The van der Waals surface area contributed by atoms with Crippen molar-refractivity contribution in [2.45, 2.75) is 118 Å². The van der Waals surface area contributed by atoms with Crippen molar-refractivity contribution in [1.82, 2.24) is 0 Å². The van der Waals surface area contributed by atoms with Gasteiger partial charge in [0.05, 0.1) is 0 Å². The molecule has 0 saturated carbocycles. The third kappa shape index (κ3) is 6.73. The SMILES string of the molecule is CCCC(CCC)CCCc1ccc2c(c1)sc1c2ccc2c1ccc1c3ccc(CCCC(CCC)CCC)cc3sc12. The molecule has 0 radical (unpaired) electrons. The van der Waals surface area contributed by atoms with Gasteiger partial charge in [-0.15, -0.1) is 22.7 Å². The fourth-order valence-electron chi connectivity index (χ4n) is 7.96. The second kappa shape index (κ2) is 14.8. The number of rotatable bonds is 16. The zero-order valence-electron chi connectivity index (χ0n) is 27.6. The van der Waals surface area contributed by atoms with Gasteiger partial charge in [-0.25, -0.2) is 0 Å². The first kappa shape index (κ1) is 31.6. The average molecular weight is 621 g/mol. The highest BCUT2D eigenvalue weighted by Gasteiger charge is 2.15. The van der Waals surface area contributed by atoms with Crippen molar-refractivity contribution in [1.29, 1.82) is 0 Å². The number of fused-ring (bicyclic) bond motifs is 9. The van der Waals surface area contributed by atoms with Crippen LogP contribution in [0.3, 0.4) is 0 Å². The maximum absolute atomic E-state index is 2.49. The summed E-state index contributed by atoms with van der Waals surface area (Å²) in [5.74, 6) is 1.83. The standard InChI is InChI=1S/C42H52S2/c1-5-11-29(12-6-2)15-9-17-31-19-21-33-35-23-25-38-37(41(35)43-39(33)27-31)26-24-36-34-22-20-32(28-40(34)44-42(36)38)18-10-16-30(13-7-3)14-8-4/h19-30H,5-18H2,1-4H3. The first-order chi connectivity index (χ1) is 21.6. The van der Waals surface area contributed by atoms with Crippen molar-refractivity contribution in [3.8, 4) is 0 Å². The molecule has 0 saturated heterocycles. The second-order valence-corrected chi connectivity index (χ2v) is 15.6. The van der Waals surface area contributed by atoms with Gasteiger partial charge in [-0.3, -0.25) is 0 Å². The Morgan fingerprint density at radius 3 is 1.14 bits per heavy atom. The average Bonchev–Trinajstić information content (AvgIpc) is 3.59. The van der Waals surface area contributed by atoms with E-state index in [1.54, 1.807) is 0 Å². The van der Waals surface area contributed by atoms with Crippen LogP contribution in [0.25, 0.3) is 51.1 Å². The molecule has 0 aliphatic carbocycles. The van der Waals surface area contributed by atoms with E-state index in [1.165, 1.54) is 152 Å². The summed E-state index contributed by atoms with van der Waals surface area (Å²) in [5.41, 5.74) is 3.02. The lowest BCUT2D eigenvalue weighted by molar-refractivity contribution is 0.400. The molecule has 0 N–H and O–H groups in total. The molecular formula is C42H52S2. The van der Waals surface area contributed by atoms with Gasteiger partial charge in [0.1, 0.15) is 0 Å².